The van der Waals surface area contributed by atoms with Crippen LogP contribution in [0, 0.1) is 19.7 Å². The molecule has 0 saturated carbocycles. The number of piperazine rings is 1. The van der Waals surface area contributed by atoms with Gasteiger partial charge in [-0.25, -0.2) is 9.18 Å². The standard InChI is InChI=1S/C25H30FN3O4/c1-5-29-17(3)21(23(18(29)4)25(32)33-6-2)11-12-22(30)27-13-15-28(16-14-27)24(31)19-7-9-20(26)10-8-19/h7-12H,5-6,13-16H2,1-4H3/b12-11+. The van der Waals surface area contributed by atoms with Crippen LogP contribution in [0.15, 0.2) is 30.3 Å². The molecule has 0 atom stereocenters. The lowest BCUT2D eigenvalue weighted by Gasteiger charge is -2.34. The van der Waals surface area contributed by atoms with Crippen LogP contribution >= 0.6 is 0 Å². The lowest BCUT2D eigenvalue weighted by molar-refractivity contribution is -0.127. The molecule has 1 aromatic carbocycles. The van der Waals surface area contributed by atoms with Gasteiger partial charge in [0.2, 0.25) is 5.91 Å². The highest BCUT2D eigenvalue weighted by Gasteiger charge is 2.25. The summed E-state index contributed by atoms with van der Waals surface area (Å²) in [7, 11) is 0. The van der Waals surface area contributed by atoms with E-state index in [1.807, 2.05) is 25.3 Å². The number of carbonyl (C=O) groups is 3. The van der Waals surface area contributed by atoms with Crippen molar-refractivity contribution >= 4 is 23.9 Å². The lowest BCUT2D eigenvalue weighted by Crippen LogP contribution is -2.50. The van der Waals surface area contributed by atoms with Gasteiger partial charge in [-0.2, -0.15) is 0 Å². The van der Waals surface area contributed by atoms with Crippen molar-refractivity contribution in [3.05, 3.63) is 64.2 Å². The number of aromatic nitrogens is 1. The van der Waals surface area contributed by atoms with E-state index in [0.717, 1.165) is 11.4 Å². The highest BCUT2D eigenvalue weighted by atomic mass is 19.1. The second-order valence-corrected chi connectivity index (χ2v) is 7.88. The van der Waals surface area contributed by atoms with Gasteiger partial charge in [0, 0.05) is 61.3 Å². The SMILES string of the molecule is CCOC(=O)c1c(/C=C/C(=O)N2CCN(C(=O)c3ccc(F)cc3)CC2)c(C)n(CC)c1C. The summed E-state index contributed by atoms with van der Waals surface area (Å²) in [5, 5.41) is 0. The molecule has 1 saturated heterocycles. The Kier molecular flexibility index (Phi) is 7.68. The molecular formula is C25H30FN3O4. The summed E-state index contributed by atoms with van der Waals surface area (Å²) in [5.74, 6) is -1.14. The van der Waals surface area contributed by atoms with Crippen LogP contribution < -0.4 is 0 Å². The first kappa shape index (κ1) is 24.2. The van der Waals surface area contributed by atoms with Gasteiger partial charge < -0.3 is 19.1 Å². The van der Waals surface area contributed by atoms with E-state index >= 15 is 0 Å². The average Bonchev–Trinajstić information content (AvgIpc) is 3.06. The number of carbonyl (C=O) groups excluding carboxylic acids is 3. The molecule has 0 radical (unpaired) electrons. The molecule has 33 heavy (non-hydrogen) atoms. The third-order valence-corrected chi connectivity index (χ3v) is 5.99. The van der Waals surface area contributed by atoms with E-state index in [1.54, 1.807) is 22.8 Å². The van der Waals surface area contributed by atoms with Crippen LogP contribution in [0.5, 0.6) is 0 Å². The summed E-state index contributed by atoms with van der Waals surface area (Å²) in [5.41, 5.74) is 3.31. The van der Waals surface area contributed by atoms with Gasteiger partial charge in [-0.1, -0.05) is 0 Å². The fourth-order valence-corrected chi connectivity index (χ4v) is 4.21. The second-order valence-electron chi connectivity index (χ2n) is 7.88. The fourth-order valence-electron chi connectivity index (χ4n) is 4.21. The minimum absolute atomic E-state index is 0.177. The average molecular weight is 456 g/mol. The van der Waals surface area contributed by atoms with Crippen molar-refractivity contribution < 1.29 is 23.5 Å². The first-order valence-electron chi connectivity index (χ1n) is 11.2. The summed E-state index contributed by atoms with van der Waals surface area (Å²) in [6, 6.07) is 5.45. The minimum Gasteiger partial charge on any atom is -0.462 e. The normalized spacial score (nSPS) is 14.1. The van der Waals surface area contributed by atoms with Crippen molar-refractivity contribution in [2.45, 2.75) is 34.2 Å². The molecular weight excluding hydrogens is 425 g/mol. The van der Waals surface area contributed by atoms with Gasteiger partial charge in [0.1, 0.15) is 5.82 Å². The van der Waals surface area contributed by atoms with E-state index in [-0.39, 0.29) is 24.2 Å². The van der Waals surface area contributed by atoms with E-state index in [2.05, 4.69) is 0 Å². The van der Waals surface area contributed by atoms with Gasteiger partial charge in [-0.15, -0.1) is 0 Å². The molecule has 1 aromatic heterocycles. The summed E-state index contributed by atoms with van der Waals surface area (Å²) < 4.78 is 20.3. The van der Waals surface area contributed by atoms with Crippen LogP contribution in [0.3, 0.4) is 0 Å². The molecule has 7 nitrogen and oxygen atoms in total. The zero-order chi connectivity index (χ0) is 24.1. The highest BCUT2D eigenvalue weighted by molar-refractivity contribution is 5.99. The molecule has 0 N–H and O–H groups in total. The largest absolute Gasteiger partial charge is 0.462 e. The van der Waals surface area contributed by atoms with Crippen LogP contribution in [-0.2, 0) is 16.1 Å². The number of hydrogen-bond acceptors (Lipinski definition) is 4. The molecule has 8 heteroatoms. The molecule has 3 rings (SSSR count). The molecule has 2 aromatic rings. The van der Waals surface area contributed by atoms with Gasteiger partial charge in [0.25, 0.3) is 5.91 Å². The van der Waals surface area contributed by atoms with Crippen LogP contribution in [0.2, 0.25) is 0 Å². The smallest absolute Gasteiger partial charge is 0.340 e. The zero-order valence-corrected chi connectivity index (χ0v) is 19.6. The Hall–Kier alpha value is -3.42. The summed E-state index contributed by atoms with van der Waals surface area (Å²) in [4.78, 5) is 41.3. The third kappa shape index (κ3) is 5.16. The van der Waals surface area contributed by atoms with E-state index in [1.165, 1.54) is 30.3 Å². The first-order valence-corrected chi connectivity index (χ1v) is 11.2. The van der Waals surface area contributed by atoms with E-state index < -0.39 is 5.97 Å². The number of amides is 2. The number of hydrogen-bond donors (Lipinski definition) is 0. The van der Waals surface area contributed by atoms with Crippen molar-refractivity contribution in [2.75, 3.05) is 32.8 Å². The molecule has 1 aliphatic rings. The quantitative estimate of drug-likeness (QED) is 0.494. The van der Waals surface area contributed by atoms with E-state index in [9.17, 15) is 18.8 Å². The first-order chi connectivity index (χ1) is 15.8. The Bertz CT molecular complexity index is 1060. The van der Waals surface area contributed by atoms with Crippen molar-refractivity contribution in [2.24, 2.45) is 0 Å². The Morgan fingerprint density at radius 3 is 2.15 bits per heavy atom. The van der Waals surface area contributed by atoms with Gasteiger partial charge in [-0.3, -0.25) is 9.59 Å². The highest BCUT2D eigenvalue weighted by Crippen LogP contribution is 2.25. The number of nitrogens with zero attached hydrogens (tertiary/aromatic N) is 3. The fraction of sp³-hybridized carbons (Fsp3) is 0.400. The number of halogens is 1. The number of rotatable bonds is 6. The Morgan fingerprint density at radius 1 is 0.970 bits per heavy atom. The van der Waals surface area contributed by atoms with Gasteiger partial charge in [-0.05, 0) is 58.0 Å². The maximum atomic E-state index is 13.1. The van der Waals surface area contributed by atoms with Crippen molar-refractivity contribution in [3.63, 3.8) is 0 Å². The lowest BCUT2D eigenvalue weighted by atomic mass is 10.1. The Balaban J connectivity index is 1.69. The van der Waals surface area contributed by atoms with Crippen molar-refractivity contribution in [1.29, 1.82) is 0 Å². The number of esters is 1. The second kappa shape index (κ2) is 10.5. The minimum atomic E-state index is -0.398. The Labute approximate surface area is 193 Å². The third-order valence-electron chi connectivity index (χ3n) is 5.99. The predicted octanol–water partition coefficient (Wildman–Crippen LogP) is 3.44. The van der Waals surface area contributed by atoms with Crippen LogP contribution in [0.1, 0.15) is 51.5 Å². The van der Waals surface area contributed by atoms with Crippen LogP contribution in [-0.4, -0.2) is 64.9 Å². The molecule has 0 spiro atoms. The van der Waals surface area contributed by atoms with Gasteiger partial charge >= 0.3 is 5.97 Å². The topological polar surface area (TPSA) is 71.9 Å². The van der Waals surface area contributed by atoms with Crippen molar-refractivity contribution in [3.8, 4) is 0 Å². The van der Waals surface area contributed by atoms with Crippen molar-refractivity contribution in [1.82, 2.24) is 14.4 Å². The molecule has 0 bridgehead atoms. The maximum Gasteiger partial charge on any atom is 0.340 e. The summed E-state index contributed by atoms with van der Waals surface area (Å²) >= 11 is 0. The molecule has 1 fully saturated rings. The van der Waals surface area contributed by atoms with Gasteiger partial charge in [0.05, 0.1) is 12.2 Å². The maximum absolute atomic E-state index is 13.1. The van der Waals surface area contributed by atoms with Crippen LogP contribution in [0.25, 0.3) is 6.08 Å². The summed E-state index contributed by atoms with van der Waals surface area (Å²) in [6.07, 6.45) is 3.15. The van der Waals surface area contributed by atoms with E-state index in [4.69, 9.17) is 4.74 Å². The molecule has 1 aliphatic heterocycles. The Morgan fingerprint density at radius 2 is 1.58 bits per heavy atom. The summed E-state index contributed by atoms with van der Waals surface area (Å²) in [6.45, 7) is 10.1. The number of ether oxygens (including phenoxy) is 1. The molecule has 0 aliphatic carbocycles. The zero-order valence-electron chi connectivity index (χ0n) is 19.6. The predicted molar refractivity (Wildman–Crippen MR) is 123 cm³/mol. The number of benzene rings is 1. The van der Waals surface area contributed by atoms with Gasteiger partial charge in [0.15, 0.2) is 0 Å². The monoisotopic (exact) mass is 455 g/mol. The molecule has 2 amide bonds. The van der Waals surface area contributed by atoms with Crippen LogP contribution in [0.4, 0.5) is 4.39 Å². The van der Waals surface area contributed by atoms with E-state index in [0.29, 0.717) is 49.4 Å². The molecule has 2 heterocycles. The molecule has 176 valence electrons. The molecule has 0 unspecified atom stereocenters.